The zero-order chi connectivity index (χ0) is 13.9. The van der Waals surface area contributed by atoms with Crippen molar-refractivity contribution in [2.24, 2.45) is 5.92 Å². The van der Waals surface area contributed by atoms with Crippen molar-refractivity contribution < 1.29 is 9.90 Å². The minimum atomic E-state index is -0.778. The van der Waals surface area contributed by atoms with Crippen LogP contribution in [0.5, 0.6) is 0 Å². The Bertz CT molecular complexity index is 449. The fraction of sp³-hybridized carbons (Fsp3) is 0.571. The molecule has 1 fully saturated rings. The second-order valence-corrected chi connectivity index (χ2v) is 5.91. The Labute approximate surface area is 118 Å². The lowest BCUT2D eigenvalue weighted by atomic mass is 9.79. The van der Waals surface area contributed by atoms with E-state index in [2.05, 4.69) is 17.2 Å². The predicted octanol–water partition coefficient (Wildman–Crippen LogP) is 2.41. The van der Waals surface area contributed by atoms with Gasteiger partial charge in [0.1, 0.15) is 5.69 Å². The summed E-state index contributed by atoms with van der Waals surface area (Å²) in [6.45, 7) is 2.41. The Balaban J connectivity index is 1.91. The summed E-state index contributed by atoms with van der Waals surface area (Å²) in [7, 11) is 0. The molecule has 0 spiro atoms. The summed E-state index contributed by atoms with van der Waals surface area (Å²) in [6, 6.07) is 3.20. The number of amides is 1. The quantitative estimate of drug-likeness (QED) is 0.895. The van der Waals surface area contributed by atoms with Crippen LogP contribution < -0.4 is 5.32 Å². The van der Waals surface area contributed by atoms with Gasteiger partial charge in [-0.05, 0) is 30.9 Å². The van der Waals surface area contributed by atoms with Crippen molar-refractivity contribution in [3.63, 3.8) is 0 Å². The van der Waals surface area contributed by atoms with Gasteiger partial charge in [-0.25, -0.2) is 4.98 Å². The van der Waals surface area contributed by atoms with E-state index in [1.807, 2.05) is 0 Å². The van der Waals surface area contributed by atoms with Crippen molar-refractivity contribution in [1.82, 2.24) is 10.3 Å². The van der Waals surface area contributed by atoms with Gasteiger partial charge < -0.3 is 10.4 Å². The number of halogens is 1. The topological polar surface area (TPSA) is 62.2 Å². The lowest BCUT2D eigenvalue weighted by Gasteiger charge is -2.35. The van der Waals surface area contributed by atoms with E-state index in [1.54, 1.807) is 12.1 Å². The Morgan fingerprint density at radius 3 is 3.05 bits per heavy atom. The van der Waals surface area contributed by atoms with Gasteiger partial charge in [-0.1, -0.05) is 31.4 Å². The van der Waals surface area contributed by atoms with Gasteiger partial charge in [0.05, 0.1) is 10.6 Å². The zero-order valence-corrected chi connectivity index (χ0v) is 11.8. The number of hydrogen-bond acceptors (Lipinski definition) is 3. The second-order valence-electron chi connectivity index (χ2n) is 5.47. The van der Waals surface area contributed by atoms with Gasteiger partial charge in [0.2, 0.25) is 0 Å². The Hall–Kier alpha value is -1.13. The summed E-state index contributed by atoms with van der Waals surface area (Å²) in [5, 5.41) is 13.7. The zero-order valence-electron chi connectivity index (χ0n) is 11.0. The van der Waals surface area contributed by atoms with E-state index >= 15 is 0 Å². The molecule has 1 amide bonds. The van der Waals surface area contributed by atoms with Gasteiger partial charge in [-0.3, -0.25) is 4.79 Å². The molecule has 0 aromatic carbocycles. The van der Waals surface area contributed by atoms with Crippen LogP contribution in [-0.2, 0) is 0 Å². The largest absolute Gasteiger partial charge is 0.388 e. The molecular weight excluding hydrogens is 264 g/mol. The third-order valence-corrected chi connectivity index (χ3v) is 3.83. The van der Waals surface area contributed by atoms with Crippen molar-refractivity contribution in [3.8, 4) is 0 Å². The Kier molecular flexibility index (Phi) is 4.42. The van der Waals surface area contributed by atoms with Gasteiger partial charge in [0, 0.05) is 12.7 Å². The number of aliphatic hydroxyl groups is 1. The summed E-state index contributed by atoms with van der Waals surface area (Å²) in [6.07, 6.45) is 5.07. The first-order chi connectivity index (χ1) is 8.98. The fourth-order valence-corrected chi connectivity index (χ4v) is 2.75. The molecule has 1 heterocycles. The summed E-state index contributed by atoms with van der Waals surface area (Å²) in [5.74, 6) is 0.229. The van der Waals surface area contributed by atoms with Crippen LogP contribution in [0.2, 0.25) is 5.02 Å². The Morgan fingerprint density at radius 1 is 1.63 bits per heavy atom. The number of carbonyl (C=O) groups excluding carboxylic acids is 1. The van der Waals surface area contributed by atoms with E-state index in [-0.39, 0.29) is 12.5 Å². The van der Waals surface area contributed by atoms with Crippen LogP contribution in [0.3, 0.4) is 0 Å². The van der Waals surface area contributed by atoms with Crippen molar-refractivity contribution in [1.29, 1.82) is 0 Å². The minimum Gasteiger partial charge on any atom is -0.388 e. The molecule has 104 valence electrons. The number of nitrogens with zero attached hydrogens (tertiary/aromatic N) is 1. The van der Waals surface area contributed by atoms with Crippen LogP contribution in [0, 0.1) is 5.92 Å². The maximum absolute atomic E-state index is 11.9. The van der Waals surface area contributed by atoms with Crippen LogP contribution in [-0.4, -0.2) is 28.1 Å². The normalized spacial score (nSPS) is 27.0. The van der Waals surface area contributed by atoms with Crippen LogP contribution in [0.1, 0.15) is 43.1 Å². The fourth-order valence-electron chi connectivity index (χ4n) is 2.64. The van der Waals surface area contributed by atoms with Gasteiger partial charge in [-0.15, -0.1) is 0 Å². The first-order valence-corrected chi connectivity index (χ1v) is 6.98. The molecule has 1 saturated carbocycles. The molecular formula is C14H19ClN2O2. The molecule has 0 aliphatic heterocycles. The molecule has 2 rings (SSSR count). The SMILES string of the molecule is CC1CCCC(O)(CNC(=O)c2ccc(Cl)cn2)C1. The van der Waals surface area contributed by atoms with Crippen LogP contribution >= 0.6 is 11.6 Å². The predicted molar refractivity (Wildman–Crippen MR) is 74.2 cm³/mol. The van der Waals surface area contributed by atoms with E-state index in [0.717, 1.165) is 25.7 Å². The maximum Gasteiger partial charge on any atom is 0.269 e. The molecule has 2 N–H and O–H groups in total. The van der Waals surface area contributed by atoms with Crippen molar-refractivity contribution in [2.45, 2.75) is 38.2 Å². The smallest absolute Gasteiger partial charge is 0.269 e. The molecule has 2 atom stereocenters. The first kappa shape index (κ1) is 14.3. The first-order valence-electron chi connectivity index (χ1n) is 6.61. The number of pyridine rings is 1. The molecule has 0 saturated heterocycles. The lowest BCUT2D eigenvalue weighted by Crippen LogP contribution is -2.45. The Morgan fingerprint density at radius 2 is 2.42 bits per heavy atom. The summed E-state index contributed by atoms with van der Waals surface area (Å²) >= 11 is 5.72. The number of carbonyl (C=O) groups is 1. The third kappa shape index (κ3) is 3.91. The molecule has 0 radical (unpaired) electrons. The van der Waals surface area contributed by atoms with E-state index in [0.29, 0.717) is 16.6 Å². The highest BCUT2D eigenvalue weighted by molar-refractivity contribution is 6.30. The number of nitrogens with one attached hydrogen (secondary N) is 1. The molecule has 1 aliphatic carbocycles. The molecule has 4 nitrogen and oxygen atoms in total. The highest BCUT2D eigenvalue weighted by atomic mass is 35.5. The van der Waals surface area contributed by atoms with Crippen LogP contribution in [0.15, 0.2) is 18.3 Å². The molecule has 1 aliphatic rings. The summed E-state index contributed by atoms with van der Waals surface area (Å²) in [5.41, 5.74) is -0.461. The third-order valence-electron chi connectivity index (χ3n) is 3.61. The monoisotopic (exact) mass is 282 g/mol. The average Bonchev–Trinajstić information content (AvgIpc) is 2.37. The summed E-state index contributed by atoms with van der Waals surface area (Å²) < 4.78 is 0. The highest BCUT2D eigenvalue weighted by Gasteiger charge is 2.32. The molecule has 2 unspecified atom stereocenters. The number of aromatic nitrogens is 1. The van der Waals surface area contributed by atoms with Crippen molar-refractivity contribution in [2.75, 3.05) is 6.54 Å². The van der Waals surface area contributed by atoms with Gasteiger partial charge in [-0.2, -0.15) is 0 Å². The van der Waals surface area contributed by atoms with Crippen molar-refractivity contribution >= 4 is 17.5 Å². The van der Waals surface area contributed by atoms with Gasteiger partial charge in [0.15, 0.2) is 0 Å². The minimum absolute atomic E-state index is 0.275. The highest BCUT2D eigenvalue weighted by Crippen LogP contribution is 2.31. The van der Waals surface area contributed by atoms with Gasteiger partial charge >= 0.3 is 0 Å². The van der Waals surface area contributed by atoms with Crippen LogP contribution in [0.25, 0.3) is 0 Å². The van der Waals surface area contributed by atoms with E-state index in [4.69, 9.17) is 11.6 Å². The standard InChI is InChI=1S/C14H19ClN2O2/c1-10-3-2-6-14(19,7-10)9-17-13(18)12-5-4-11(15)8-16-12/h4-5,8,10,19H,2-3,6-7,9H2,1H3,(H,17,18). The van der Waals surface area contributed by atoms with E-state index in [9.17, 15) is 9.90 Å². The lowest BCUT2D eigenvalue weighted by molar-refractivity contribution is -0.0109. The molecule has 5 heteroatoms. The van der Waals surface area contributed by atoms with Crippen LogP contribution in [0.4, 0.5) is 0 Å². The molecule has 1 aromatic rings. The average molecular weight is 283 g/mol. The van der Waals surface area contributed by atoms with Gasteiger partial charge in [0.25, 0.3) is 5.91 Å². The number of rotatable bonds is 3. The maximum atomic E-state index is 11.9. The van der Waals surface area contributed by atoms with Crippen molar-refractivity contribution in [3.05, 3.63) is 29.0 Å². The van der Waals surface area contributed by atoms with E-state index in [1.165, 1.54) is 6.20 Å². The molecule has 1 aromatic heterocycles. The molecule has 0 bridgehead atoms. The molecule has 19 heavy (non-hydrogen) atoms. The summed E-state index contributed by atoms with van der Waals surface area (Å²) in [4.78, 5) is 15.8. The second kappa shape index (κ2) is 5.88. The number of hydrogen-bond donors (Lipinski definition) is 2. The van der Waals surface area contributed by atoms with E-state index < -0.39 is 5.60 Å².